The first-order valence-electron chi connectivity index (χ1n) is 10.1. The predicted octanol–water partition coefficient (Wildman–Crippen LogP) is 3.21. The molecule has 0 radical (unpaired) electrons. The fourth-order valence-corrected chi connectivity index (χ4v) is 5.61. The number of halogens is 2. The van der Waals surface area contributed by atoms with Gasteiger partial charge in [0.2, 0.25) is 15.9 Å². The van der Waals surface area contributed by atoms with E-state index in [0.29, 0.717) is 19.4 Å². The molecule has 4 rings (SSSR count). The SMILES string of the molecule is O=C(NCC1(c2ccc(F)cc2)CC1)C1CCN(S(=O)(=O)c2ccccc2F)CC1. The number of carbonyl (C=O) groups excluding carboxylic acids is 1. The van der Waals surface area contributed by atoms with Gasteiger partial charge in [0, 0.05) is 31.0 Å². The third-order valence-corrected chi connectivity index (χ3v) is 8.12. The van der Waals surface area contributed by atoms with Crippen molar-refractivity contribution in [3.05, 3.63) is 65.7 Å². The van der Waals surface area contributed by atoms with Gasteiger partial charge in [-0.3, -0.25) is 4.79 Å². The smallest absolute Gasteiger partial charge is 0.245 e. The van der Waals surface area contributed by atoms with Gasteiger partial charge >= 0.3 is 0 Å². The van der Waals surface area contributed by atoms with Crippen molar-refractivity contribution in [3.63, 3.8) is 0 Å². The molecule has 2 aliphatic rings. The average Bonchev–Trinajstić information content (AvgIpc) is 3.54. The molecule has 0 aromatic heterocycles. The van der Waals surface area contributed by atoms with Gasteiger partial charge in [0.1, 0.15) is 16.5 Å². The number of nitrogens with zero attached hydrogens (tertiary/aromatic N) is 1. The lowest BCUT2D eigenvalue weighted by molar-refractivity contribution is -0.126. The molecule has 30 heavy (non-hydrogen) atoms. The van der Waals surface area contributed by atoms with Gasteiger partial charge in [-0.2, -0.15) is 4.31 Å². The van der Waals surface area contributed by atoms with E-state index in [1.54, 1.807) is 12.1 Å². The van der Waals surface area contributed by atoms with E-state index in [-0.39, 0.29) is 41.0 Å². The maximum atomic E-state index is 13.9. The number of benzene rings is 2. The molecule has 8 heteroatoms. The molecular formula is C22H24F2N2O3S. The normalized spacial score (nSPS) is 19.4. The van der Waals surface area contributed by atoms with E-state index in [1.165, 1.54) is 34.6 Å². The zero-order valence-corrected chi connectivity index (χ0v) is 17.3. The molecule has 1 aliphatic carbocycles. The van der Waals surface area contributed by atoms with Crippen molar-refractivity contribution in [1.29, 1.82) is 0 Å². The van der Waals surface area contributed by atoms with Crippen LogP contribution in [0.3, 0.4) is 0 Å². The summed E-state index contributed by atoms with van der Waals surface area (Å²) in [5.41, 5.74) is 0.896. The van der Waals surface area contributed by atoms with E-state index in [4.69, 9.17) is 0 Å². The molecule has 1 amide bonds. The number of piperidine rings is 1. The molecule has 1 saturated heterocycles. The summed E-state index contributed by atoms with van der Waals surface area (Å²) in [6.07, 6.45) is 2.67. The van der Waals surface area contributed by atoms with Crippen molar-refractivity contribution in [2.45, 2.75) is 36.0 Å². The van der Waals surface area contributed by atoms with Crippen molar-refractivity contribution >= 4 is 15.9 Å². The van der Waals surface area contributed by atoms with Crippen LogP contribution in [0.15, 0.2) is 53.4 Å². The monoisotopic (exact) mass is 434 g/mol. The first kappa shape index (κ1) is 20.9. The van der Waals surface area contributed by atoms with Gasteiger partial charge in [-0.25, -0.2) is 17.2 Å². The first-order chi connectivity index (χ1) is 14.3. The summed E-state index contributed by atoms with van der Waals surface area (Å²) in [7, 11) is -3.91. The van der Waals surface area contributed by atoms with E-state index in [1.807, 2.05) is 0 Å². The van der Waals surface area contributed by atoms with Crippen LogP contribution in [0.4, 0.5) is 8.78 Å². The van der Waals surface area contributed by atoms with Crippen LogP contribution in [-0.4, -0.2) is 38.3 Å². The molecule has 1 N–H and O–H groups in total. The Morgan fingerprint density at radius 3 is 2.27 bits per heavy atom. The Labute approximate surface area is 175 Å². The Bertz CT molecular complexity index is 1030. The summed E-state index contributed by atoms with van der Waals surface area (Å²) >= 11 is 0. The van der Waals surface area contributed by atoms with Crippen molar-refractivity contribution in [1.82, 2.24) is 9.62 Å². The summed E-state index contributed by atoms with van der Waals surface area (Å²) in [5.74, 6) is -1.42. The van der Waals surface area contributed by atoms with Crippen molar-refractivity contribution < 1.29 is 22.0 Å². The summed E-state index contributed by atoms with van der Waals surface area (Å²) < 4.78 is 53.7. The lowest BCUT2D eigenvalue weighted by Gasteiger charge is -2.31. The van der Waals surface area contributed by atoms with E-state index in [0.717, 1.165) is 24.5 Å². The molecule has 0 bridgehead atoms. The highest BCUT2D eigenvalue weighted by Crippen LogP contribution is 2.47. The standard InChI is InChI=1S/C22H24F2N2O3S/c23-18-7-5-17(6-8-18)22(11-12-22)15-25-21(27)16-9-13-26(14-10-16)30(28,29)20-4-2-1-3-19(20)24/h1-8,16H,9-15H2,(H,25,27). The number of hydrogen-bond acceptors (Lipinski definition) is 3. The highest BCUT2D eigenvalue weighted by molar-refractivity contribution is 7.89. The number of nitrogens with one attached hydrogen (secondary N) is 1. The number of amides is 1. The zero-order chi connectivity index (χ0) is 21.4. The second-order valence-electron chi connectivity index (χ2n) is 8.11. The van der Waals surface area contributed by atoms with Gasteiger partial charge in [0.25, 0.3) is 0 Å². The Balaban J connectivity index is 1.33. The molecule has 1 heterocycles. The minimum atomic E-state index is -3.91. The maximum absolute atomic E-state index is 13.9. The van der Waals surface area contributed by atoms with E-state index in [9.17, 15) is 22.0 Å². The predicted molar refractivity (Wildman–Crippen MR) is 108 cm³/mol. The summed E-state index contributed by atoms with van der Waals surface area (Å²) in [5, 5.41) is 3.00. The Morgan fingerprint density at radius 2 is 1.67 bits per heavy atom. The molecule has 1 saturated carbocycles. The van der Waals surface area contributed by atoms with Gasteiger partial charge in [-0.1, -0.05) is 24.3 Å². The molecule has 5 nitrogen and oxygen atoms in total. The van der Waals surface area contributed by atoms with Crippen molar-refractivity contribution in [3.8, 4) is 0 Å². The molecule has 0 spiro atoms. The first-order valence-corrected chi connectivity index (χ1v) is 11.5. The quantitative estimate of drug-likeness (QED) is 0.759. The molecule has 160 valence electrons. The van der Waals surface area contributed by atoms with Crippen LogP contribution in [0.25, 0.3) is 0 Å². The number of hydrogen-bond donors (Lipinski definition) is 1. The number of rotatable bonds is 6. The minimum Gasteiger partial charge on any atom is -0.355 e. The Hall–Kier alpha value is -2.32. The van der Waals surface area contributed by atoms with E-state index < -0.39 is 15.8 Å². The van der Waals surface area contributed by atoms with Gasteiger partial charge < -0.3 is 5.32 Å². The minimum absolute atomic E-state index is 0.0914. The molecular weight excluding hydrogens is 410 g/mol. The van der Waals surface area contributed by atoms with Crippen LogP contribution in [0.2, 0.25) is 0 Å². The Morgan fingerprint density at radius 1 is 1.03 bits per heavy atom. The molecule has 2 fully saturated rings. The summed E-state index contributed by atoms with van der Waals surface area (Å²) in [4.78, 5) is 12.3. The average molecular weight is 435 g/mol. The van der Waals surface area contributed by atoms with E-state index >= 15 is 0 Å². The van der Waals surface area contributed by atoms with Crippen LogP contribution in [-0.2, 0) is 20.2 Å². The Kier molecular flexibility index (Phi) is 5.63. The third-order valence-electron chi connectivity index (χ3n) is 6.19. The third kappa shape index (κ3) is 4.11. The highest BCUT2D eigenvalue weighted by Gasteiger charge is 2.44. The highest BCUT2D eigenvalue weighted by atomic mass is 32.2. The summed E-state index contributed by atoms with van der Waals surface area (Å²) in [6.45, 7) is 0.848. The number of sulfonamides is 1. The molecule has 0 unspecified atom stereocenters. The second-order valence-corrected chi connectivity index (χ2v) is 10.0. The summed E-state index contributed by atoms with van der Waals surface area (Å²) in [6, 6.07) is 11.7. The fraction of sp³-hybridized carbons (Fsp3) is 0.409. The lowest BCUT2D eigenvalue weighted by atomic mass is 9.94. The molecule has 2 aromatic rings. The fourth-order valence-electron chi connectivity index (χ4n) is 4.07. The largest absolute Gasteiger partial charge is 0.355 e. The van der Waals surface area contributed by atoms with Crippen molar-refractivity contribution in [2.24, 2.45) is 5.92 Å². The van der Waals surface area contributed by atoms with Gasteiger partial charge in [-0.05, 0) is 55.5 Å². The maximum Gasteiger partial charge on any atom is 0.245 e. The second kappa shape index (κ2) is 8.07. The molecule has 2 aromatic carbocycles. The van der Waals surface area contributed by atoms with Crippen LogP contribution >= 0.6 is 0 Å². The molecule has 0 atom stereocenters. The van der Waals surface area contributed by atoms with Crippen LogP contribution in [0.5, 0.6) is 0 Å². The lowest BCUT2D eigenvalue weighted by Crippen LogP contribution is -2.44. The van der Waals surface area contributed by atoms with Crippen molar-refractivity contribution in [2.75, 3.05) is 19.6 Å². The topological polar surface area (TPSA) is 66.5 Å². The van der Waals surface area contributed by atoms with Crippen LogP contribution < -0.4 is 5.32 Å². The molecule has 1 aliphatic heterocycles. The van der Waals surface area contributed by atoms with Gasteiger partial charge in [-0.15, -0.1) is 0 Å². The number of carbonyl (C=O) groups is 1. The van der Waals surface area contributed by atoms with Gasteiger partial charge in [0.15, 0.2) is 0 Å². The zero-order valence-electron chi connectivity index (χ0n) is 16.5. The van der Waals surface area contributed by atoms with Crippen LogP contribution in [0, 0.1) is 17.6 Å². The van der Waals surface area contributed by atoms with Crippen LogP contribution in [0.1, 0.15) is 31.2 Å². The van der Waals surface area contributed by atoms with Gasteiger partial charge in [0.05, 0.1) is 0 Å². The van der Waals surface area contributed by atoms with E-state index in [2.05, 4.69) is 5.32 Å².